The molecule has 3 aromatic rings. The SMILES string of the molecule is Cc1cc2ccccc2n1C[C@H]1CC[C@H](C)N1Cc1ccccc1. The molecule has 1 saturated heterocycles. The van der Waals surface area contributed by atoms with E-state index in [0.29, 0.717) is 12.1 Å². The second-order valence-electron chi connectivity index (χ2n) is 7.19. The summed E-state index contributed by atoms with van der Waals surface area (Å²) in [4.78, 5) is 2.70. The summed E-state index contributed by atoms with van der Waals surface area (Å²) >= 11 is 0. The van der Waals surface area contributed by atoms with E-state index < -0.39 is 0 Å². The van der Waals surface area contributed by atoms with Crippen LogP contribution in [-0.2, 0) is 13.1 Å². The quantitative estimate of drug-likeness (QED) is 0.657. The van der Waals surface area contributed by atoms with Crippen LogP contribution in [0.15, 0.2) is 60.7 Å². The second kappa shape index (κ2) is 6.45. The zero-order chi connectivity index (χ0) is 16.5. The number of benzene rings is 2. The lowest BCUT2D eigenvalue weighted by atomic mass is 10.1. The third kappa shape index (κ3) is 2.87. The third-order valence-electron chi connectivity index (χ3n) is 5.57. The van der Waals surface area contributed by atoms with Gasteiger partial charge in [-0.1, -0.05) is 48.5 Å². The van der Waals surface area contributed by atoms with E-state index in [1.807, 2.05) is 0 Å². The molecule has 24 heavy (non-hydrogen) atoms. The molecule has 2 heterocycles. The third-order valence-corrected chi connectivity index (χ3v) is 5.57. The number of aryl methyl sites for hydroxylation is 1. The highest BCUT2D eigenvalue weighted by Gasteiger charge is 2.31. The Morgan fingerprint density at radius 1 is 0.958 bits per heavy atom. The summed E-state index contributed by atoms with van der Waals surface area (Å²) in [6.07, 6.45) is 2.59. The first kappa shape index (κ1) is 15.5. The Kier molecular flexibility index (Phi) is 4.15. The first-order valence-corrected chi connectivity index (χ1v) is 9.07. The lowest BCUT2D eigenvalue weighted by molar-refractivity contribution is 0.179. The number of nitrogens with zero attached hydrogens (tertiary/aromatic N) is 2. The number of hydrogen-bond acceptors (Lipinski definition) is 1. The van der Waals surface area contributed by atoms with E-state index in [0.717, 1.165) is 13.1 Å². The summed E-state index contributed by atoms with van der Waals surface area (Å²) in [5.74, 6) is 0. The monoisotopic (exact) mass is 318 g/mol. The molecule has 1 aliphatic rings. The fourth-order valence-electron chi connectivity index (χ4n) is 4.20. The van der Waals surface area contributed by atoms with Crippen molar-refractivity contribution in [3.05, 3.63) is 71.9 Å². The molecule has 0 amide bonds. The van der Waals surface area contributed by atoms with Gasteiger partial charge in [-0.05, 0) is 49.8 Å². The number of likely N-dealkylation sites (tertiary alicyclic amines) is 1. The summed E-state index contributed by atoms with van der Waals surface area (Å²) < 4.78 is 2.51. The molecule has 4 rings (SSSR count). The van der Waals surface area contributed by atoms with Crippen molar-refractivity contribution in [1.82, 2.24) is 9.47 Å². The molecule has 2 nitrogen and oxygen atoms in total. The van der Waals surface area contributed by atoms with Gasteiger partial charge in [0.15, 0.2) is 0 Å². The minimum Gasteiger partial charge on any atom is -0.343 e. The van der Waals surface area contributed by atoms with Gasteiger partial charge in [-0.3, -0.25) is 4.90 Å². The van der Waals surface area contributed by atoms with Gasteiger partial charge in [0.05, 0.1) is 0 Å². The van der Waals surface area contributed by atoms with Gasteiger partial charge in [0, 0.05) is 36.4 Å². The second-order valence-corrected chi connectivity index (χ2v) is 7.19. The molecule has 0 radical (unpaired) electrons. The van der Waals surface area contributed by atoms with Crippen molar-refractivity contribution in [2.75, 3.05) is 0 Å². The predicted octanol–water partition coefficient (Wildman–Crippen LogP) is 5.00. The Morgan fingerprint density at radius 3 is 2.54 bits per heavy atom. The van der Waals surface area contributed by atoms with E-state index in [1.165, 1.54) is 35.0 Å². The smallest absolute Gasteiger partial charge is 0.0482 e. The van der Waals surface area contributed by atoms with Crippen LogP contribution in [0.5, 0.6) is 0 Å². The minimum atomic E-state index is 0.620. The average Bonchev–Trinajstić information content (AvgIpc) is 3.10. The lowest BCUT2D eigenvalue weighted by Crippen LogP contribution is -2.36. The fourth-order valence-corrected chi connectivity index (χ4v) is 4.20. The molecule has 1 fully saturated rings. The number of rotatable bonds is 4. The van der Waals surface area contributed by atoms with E-state index in [1.54, 1.807) is 0 Å². The minimum absolute atomic E-state index is 0.620. The summed E-state index contributed by atoms with van der Waals surface area (Å²) in [6.45, 7) is 6.77. The highest BCUT2D eigenvalue weighted by Crippen LogP contribution is 2.29. The van der Waals surface area contributed by atoms with E-state index in [-0.39, 0.29) is 0 Å². The molecule has 1 aromatic heterocycles. The van der Waals surface area contributed by atoms with Crippen LogP contribution in [0, 0.1) is 6.92 Å². The van der Waals surface area contributed by atoms with Crippen LogP contribution >= 0.6 is 0 Å². The maximum Gasteiger partial charge on any atom is 0.0482 e. The molecular formula is C22H26N2. The van der Waals surface area contributed by atoms with Crippen molar-refractivity contribution in [2.24, 2.45) is 0 Å². The van der Waals surface area contributed by atoms with Crippen LogP contribution in [-0.4, -0.2) is 21.6 Å². The Bertz CT molecular complexity index is 818. The molecule has 124 valence electrons. The molecule has 0 bridgehead atoms. The lowest BCUT2D eigenvalue weighted by Gasteiger charge is -2.29. The largest absolute Gasteiger partial charge is 0.343 e. The fraction of sp³-hybridized carbons (Fsp3) is 0.364. The molecule has 0 saturated carbocycles. The number of fused-ring (bicyclic) bond motifs is 1. The van der Waals surface area contributed by atoms with Crippen LogP contribution in [0.3, 0.4) is 0 Å². The van der Waals surface area contributed by atoms with Crippen molar-refractivity contribution in [3.8, 4) is 0 Å². The van der Waals surface area contributed by atoms with E-state index in [4.69, 9.17) is 0 Å². The van der Waals surface area contributed by atoms with Crippen LogP contribution in [0.2, 0.25) is 0 Å². The number of hydrogen-bond donors (Lipinski definition) is 0. The van der Waals surface area contributed by atoms with Crippen LogP contribution < -0.4 is 0 Å². The van der Waals surface area contributed by atoms with Crippen molar-refractivity contribution in [3.63, 3.8) is 0 Å². The summed E-state index contributed by atoms with van der Waals surface area (Å²) in [6, 6.07) is 23.2. The standard InChI is InChI=1S/C22H26N2/c1-17-12-13-21(23(17)15-19-8-4-3-5-9-19)16-24-18(2)14-20-10-6-7-11-22(20)24/h3-11,14,17,21H,12-13,15-16H2,1-2H3/t17-,21+/m0/s1. The first-order chi connectivity index (χ1) is 11.7. The van der Waals surface area contributed by atoms with Gasteiger partial charge in [0.2, 0.25) is 0 Å². The number of aromatic nitrogens is 1. The summed E-state index contributed by atoms with van der Waals surface area (Å²) in [5.41, 5.74) is 4.16. The van der Waals surface area contributed by atoms with Gasteiger partial charge in [-0.15, -0.1) is 0 Å². The zero-order valence-electron chi connectivity index (χ0n) is 14.7. The highest BCUT2D eigenvalue weighted by molar-refractivity contribution is 5.81. The summed E-state index contributed by atoms with van der Waals surface area (Å²) in [7, 11) is 0. The molecule has 2 aromatic carbocycles. The summed E-state index contributed by atoms with van der Waals surface area (Å²) in [5, 5.41) is 1.36. The Morgan fingerprint density at radius 2 is 1.71 bits per heavy atom. The average molecular weight is 318 g/mol. The zero-order valence-corrected chi connectivity index (χ0v) is 14.7. The van der Waals surface area contributed by atoms with Crippen LogP contribution in [0.4, 0.5) is 0 Å². The first-order valence-electron chi connectivity index (χ1n) is 9.07. The van der Waals surface area contributed by atoms with Gasteiger partial charge < -0.3 is 4.57 Å². The molecule has 2 heteroatoms. The topological polar surface area (TPSA) is 8.17 Å². The van der Waals surface area contributed by atoms with Gasteiger partial charge >= 0.3 is 0 Å². The van der Waals surface area contributed by atoms with Gasteiger partial charge in [-0.25, -0.2) is 0 Å². The molecule has 0 unspecified atom stereocenters. The van der Waals surface area contributed by atoms with Crippen LogP contribution in [0.25, 0.3) is 10.9 Å². The van der Waals surface area contributed by atoms with Crippen molar-refractivity contribution >= 4 is 10.9 Å². The Balaban J connectivity index is 1.59. The van der Waals surface area contributed by atoms with E-state index in [2.05, 4.69) is 84.0 Å². The molecule has 0 spiro atoms. The molecular weight excluding hydrogens is 292 g/mol. The van der Waals surface area contributed by atoms with E-state index in [9.17, 15) is 0 Å². The normalized spacial score (nSPS) is 21.6. The van der Waals surface area contributed by atoms with Crippen molar-refractivity contribution in [1.29, 1.82) is 0 Å². The highest BCUT2D eigenvalue weighted by atomic mass is 15.2. The van der Waals surface area contributed by atoms with Crippen molar-refractivity contribution < 1.29 is 0 Å². The van der Waals surface area contributed by atoms with E-state index >= 15 is 0 Å². The van der Waals surface area contributed by atoms with Crippen LogP contribution in [0.1, 0.15) is 31.0 Å². The molecule has 1 aliphatic heterocycles. The van der Waals surface area contributed by atoms with Crippen molar-refractivity contribution in [2.45, 2.75) is 51.9 Å². The predicted molar refractivity (Wildman–Crippen MR) is 101 cm³/mol. The maximum atomic E-state index is 2.70. The Hall–Kier alpha value is -2.06. The Labute approximate surface area is 144 Å². The molecule has 2 atom stereocenters. The molecule has 0 N–H and O–H groups in total. The molecule has 0 aliphatic carbocycles. The van der Waals surface area contributed by atoms with Gasteiger partial charge in [-0.2, -0.15) is 0 Å². The maximum absolute atomic E-state index is 2.70. The number of para-hydroxylation sites is 1. The van der Waals surface area contributed by atoms with Gasteiger partial charge in [0.1, 0.15) is 0 Å². The van der Waals surface area contributed by atoms with Gasteiger partial charge in [0.25, 0.3) is 0 Å².